The Morgan fingerprint density at radius 2 is 1.81 bits per heavy atom. The van der Waals surface area contributed by atoms with Gasteiger partial charge in [-0.25, -0.2) is 4.79 Å². The van der Waals surface area contributed by atoms with Crippen molar-refractivity contribution in [3.63, 3.8) is 0 Å². The molecule has 0 aliphatic carbocycles. The number of aromatic nitrogens is 1. The Morgan fingerprint density at radius 3 is 2.52 bits per heavy atom. The Kier molecular flexibility index (Phi) is 5.10. The number of barbiturate groups is 1. The number of nitrogens with one attached hydrogen (secondary N) is 1. The van der Waals surface area contributed by atoms with Crippen molar-refractivity contribution >= 4 is 23.9 Å². The summed E-state index contributed by atoms with van der Waals surface area (Å²) in [7, 11) is 0. The molecule has 0 atom stereocenters. The lowest BCUT2D eigenvalue weighted by Crippen LogP contribution is -2.53. The number of carbonyl (C=O) groups is 3. The molecule has 0 spiro atoms. The third-order valence-electron chi connectivity index (χ3n) is 5.67. The first-order valence-corrected chi connectivity index (χ1v) is 9.94. The normalized spacial score (nSPS) is 15.7. The number of aryl methyl sites for hydroxylation is 2. The largest absolute Gasteiger partial charge is 0.467 e. The lowest BCUT2D eigenvalue weighted by molar-refractivity contribution is -0.130. The van der Waals surface area contributed by atoms with E-state index in [1.807, 2.05) is 32.0 Å². The van der Waals surface area contributed by atoms with Crippen molar-refractivity contribution in [2.24, 2.45) is 0 Å². The van der Waals surface area contributed by atoms with Crippen LogP contribution in [0.1, 0.15) is 33.8 Å². The number of imide groups is 2. The van der Waals surface area contributed by atoms with Crippen LogP contribution >= 0.6 is 0 Å². The molecule has 0 saturated carbocycles. The van der Waals surface area contributed by atoms with E-state index in [2.05, 4.69) is 29.8 Å². The van der Waals surface area contributed by atoms with Gasteiger partial charge >= 0.3 is 6.03 Å². The molecule has 1 aliphatic heterocycles. The van der Waals surface area contributed by atoms with Crippen LogP contribution in [0.2, 0.25) is 0 Å². The topological polar surface area (TPSA) is 84.6 Å². The molecule has 1 aromatic carbocycles. The summed E-state index contributed by atoms with van der Waals surface area (Å²) in [6.45, 7) is 8.00. The molecule has 7 heteroatoms. The maximum absolute atomic E-state index is 13.0. The number of amides is 4. The van der Waals surface area contributed by atoms with Gasteiger partial charge in [0.1, 0.15) is 11.3 Å². The standard InChI is InChI=1S/C24H23N3O4/c1-14-7-5-9-21(16(14)3)27-15(2)11-18(17(27)4)12-20-22(28)25-24(30)26(23(20)29)13-19-8-6-10-31-19/h5-12H,13H2,1-4H3,(H,25,28,30)/b20-12+. The molecular formula is C24H23N3O4. The van der Waals surface area contributed by atoms with Gasteiger partial charge in [-0.2, -0.15) is 0 Å². The summed E-state index contributed by atoms with van der Waals surface area (Å²) in [6, 6.07) is 10.6. The number of carbonyl (C=O) groups excluding carboxylic acids is 3. The summed E-state index contributed by atoms with van der Waals surface area (Å²) in [5.74, 6) is -0.908. The molecular weight excluding hydrogens is 394 g/mol. The van der Waals surface area contributed by atoms with E-state index in [4.69, 9.17) is 4.42 Å². The number of nitrogens with zero attached hydrogens (tertiary/aromatic N) is 2. The van der Waals surface area contributed by atoms with E-state index < -0.39 is 17.8 Å². The van der Waals surface area contributed by atoms with Crippen LogP contribution in [0, 0.1) is 27.7 Å². The van der Waals surface area contributed by atoms with Crippen LogP contribution in [-0.2, 0) is 16.1 Å². The predicted octanol–water partition coefficient (Wildman–Crippen LogP) is 3.97. The molecule has 3 aromatic rings. The monoisotopic (exact) mass is 417 g/mol. The fourth-order valence-electron chi connectivity index (χ4n) is 3.83. The summed E-state index contributed by atoms with van der Waals surface area (Å²) in [6.07, 6.45) is 3.01. The number of benzene rings is 1. The SMILES string of the molecule is Cc1cccc(-n2c(C)cc(/C=C3\C(=O)NC(=O)N(Cc4ccco4)C3=O)c2C)c1C. The van der Waals surface area contributed by atoms with E-state index in [1.165, 1.54) is 11.8 Å². The molecule has 1 saturated heterocycles. The summed E-state index contributed by atoms with van der Waals surface area (Å²) in [5.41, 5.74) is 5.91. The third kappa shape index (κ3) is 3.59. The van der Waals surface area contributed by atoms with Gasteiger partial charge in [0.05, 0.1) is 12.8 Å². The van der Waals surface area contributed by atoms with Crippen LogP contribution in [-0.4, -0.2) is 27.3 Å². The number of furan rings is 1. The number of hydrogen-bond acceptors (Lipinski definition) is 4. The molecule has 1 fully saturated rings. The highest BCUT2D eigenvalue weighted by molar-refractivity contribution is 6.31. The first-order valence-electron chi connectivity index (χ1n) is 9.94. The average molecular weight is 417 g/mol. The highest BCUT2D eigenvalue weighted by Gasteiger charge is 2.36. The molecule has 0 bridgehead atoms. The van der Waals surface area contributed by atoms with Gasteiger partial charge in [0.15, 0.2) is 0 Å². The highest BCUT2D eigenvalue weighted by Crippen LogP contribution is 2.27. The summed E-state index contributed by atoms with van der Waals surface area (Å²) >= 11 is 0. The lowest BCUT2D eigenvalue weighted by Gasteiger charge is -2.25. The number of urea groups is 1. The molecule has 3 heterocycles. The van der Waals surface area contributed by atoms with Crippen LogP contribution in [0.3, 0.4) is 0 Å². The minimum atomic E-state index is -0.760. The predicted molar refractivity (Wildman–Crippen MR) is 115 cm³/mol. The van der Waals surface area contributed by atoms with E-state index in [1.54, 1.807) is 18.2 Å². The first-order chi connectivity index (χ1) is 14.8. The molecule has 0 radical (unpaired) electrons. The van der Waals surface area contributed by atoms with Gasteiger partial charge < -0.3 is 8.98 Å². The van der Waals surface area contributed by atoms with E-state index in [9.17, 15) is 14.4 Å². The van der Waals surface area contributed by atoms with Crippen LogP contribution < -0.4 is 5.32 Å². The van der Waals surface area contributed by atoms with Gasteiger partial charge in [-0.1, -0.05) is 12.1 Å². The minimum Gasteiger partial charge on any atom is -0.467 e. The molecule has 7 nitrogen and oxygen atoms in total. The molecule has 1 N–H and O–H groups in total. The minimum absolute atomic E-state index is 0.0518. The van der Waals surface area contributed by atoms with Crippen LogP contribution in [0.4, 0.5) is 4.79 Å². The van der Waals surface area contributed by atoms with Crippen molar-refractivity contribution < 1.29 is 18.8 Å². The highest BCUT2D eigenvalue weighted by atomic mass is 16.3. The quantitative estimate of drug-likeness (QED) is 0.514. The zero-order valence-electron chi connectivity index (χ0n) is 17.9. The van der Waals surface area contributed by atoms with Crippen molar-refractivity contribution in [3.8, 4) is 5.69 Å². The zero-order valence-corrected chi connectivity index (χ0v) is 17.9. The molecule has 4 amide bonds. The van der Waals surface area contributed by atoms with Crippen LogP contribution in [0.5, 0.6) is 0 Å². The number of rotatable bonds is 4. The maximum atomic E-state index is 13.0. The van der Waals surface area contributed by atoms with E-state index in [-0.39, 0.29) is 12.1 Å². The second-order valence-electron chi connectivity index (χ2n) is 7.67. The summed E-state index contributed by atoms with van der Waals surface area (Å²) in [5, 5.41) is 2.24. The Labute approximate surface area is 180 Å². The van der Waals surface area contributed by atoms with Crippen molar-refractivity contribution in [1.82, 2.24) is 14.8 Å². The zero-order chi connectivity index (χ0) is 22.3. The maximum Gasteiger partial charge on any atom is 0.331 e. The second-order valence-corrected chi connectivity index (χ2v) is 7.67. The smallest absolute Gasteiger partial charge is 0.331 e. The van der Waals surface area contributed by atoms with Crippen molar-refractivity contribution in [1.29, 1.82) is 0 Å². The van der Waals surface area contributed by atoms with Gasteiger partial charge in [-0.3, -0.25) is 19.8 Å². The molecule has 2 aromatic heterocycles. The van der Waals surface area contributed by atoms with E-state index in [0.717, 1.165) is 33.1 Å². The molecule has 158 valence electrons. The van der Waals surface area contributed by atoms with Gasteiger partial charge in [0.2, 0.25) is 0 Å². The van der Waals surface area contributed by atoms with Crippen molar-refractivity contribution in [2.45, 2.75) is 34.2 Å². The van der Waals surface area contributed by atoms with Crippen LogP contribution in [0.15, 0.2) is 52.7 Å². The lowest BCUT2D eigenvalue weighted by atomic mass is 10.1. The summed E-state index contributed by atoms with van der Waals surface area (Å²) in [4.78, 5) is 38.6. The Morgan fingerprint density at radius 1 is 1.03 bits per heavy atom. The Bertz CT molecular complexity index is 1230. The molecule has 1 aliphatic rings. The van der Waals surface area contributed by atoms with Crippen molar-refractivity contribution in [2.75, 3.05) is 0 Å². The van der Waals surface area contributed by atoms with Gasteiger partial charge in [-0.15, -0.1) is 0 Å². The summed E-state index contributed by atoms with van der Waals surface area (Å²) < 4.78 is 7.34. The Hall–Kier alpha value is -3.87. The fraction of sp³-hybridized carbons (Fsp3) is 0.208. The molecule has 31 heavy (non-hydrogen) atoms. The van der Waals surface area contributed by atoms with Gasteiger partial charge in [-0.05, 0) is 74.7 Å². The first kappa shape index (κ1) is 20.4. The molecule has 4 rings (SSSR count). The van der Waals surface area contributed by atoms with Gasteiger partial charge in [0.25, 0.3) is 11.8 Å². The van der Waals surface area contributed by atoms with E-state index >= 15 is 0 Å². The van der Waals surface area contributed by atoms with Crippen LogP contribution in [0.25, 0.3) is 11.8 Å². The second kappa shape index (κ2) is 7.75. The average Bonchev–Trinajstić information content (AvgIpc) is 3.33. The Balaban J connectivity index is 1.74. The fourth-order valence-corrected chi connectivity index (χ4v) is 3.83. The third-order valence-corrected chi connectivity index (χ3v) is 5.67. The van der Waals surface area contributed by atoms with Crippen molar-refractivity contribution in [3.05, 3.63) is 82.1 Å². The number of hydrogen-bond donors (Lipinski definition) is 1. The van der Waals surface area contributed by atoms with E-state index in [0.29, 0.717) is 5.76 Å². The molecule has 0 unspecified atom stereocenters. The van der Waals surface area contributed by atoms with Gasteiger partial charge in [0, 0.05) is 17.1 Å².